The smallest absolute Gasteiger partial charge is 0.326 e. The van der Waals surface area contributed by atoms with E-state index in [1.807, 2.05) is 6.07 Å². The first-order valence-electron chi connectivity index (χ1n) is 9.92. The first-order chi connectivity index (χ1) is 15.5. The average molecular weight is 463 g/mol. The Balaban J connectivity index is 3.07. The van der Waals surface area contributed by atoms with Crippen molar-refractivity contribution in [1.29, 1.82) is 5.26 Å². The summed E-state index contributed by atoms with van der Waals surface area (Å²) in [6.45, 7) is 5.88. The van der Waals surface area contributed by atoms with Crippen molar-refractivity contribution < 1.29 is 28.9 Å². The van der Waals surface area contributed by atoms with Crippen LogP contribution in [0.4, 0.5) is 17.1 Å². The normalized spacial score (nSPS) is 13.7. The van der Waals surface area contributed by atoms with E-state index in [1.54, 1.807) is 20.8 Å². The molecule has 1 N–H and O–H groups in total. The van der Waals surface area contributed by atoms with Crippen molar-refractivity contribution in [3.8, 4) is 6.07 Å². The molecule has 33 heavy (non-hydrogen) atoms. The number of hydrogen-bond donors (Lipinski definition) is 1. The first-order valence-corrected chi connectivity index (χ1v) is 9.92. The predicted molar refractivity (Wildman–Crippen MR) is 116 cm³/mol. The fourth-order valence-electron chi connectivity index (χ4n) is 2.87. The summed E-state index contributed by atoms with van der Waals surface area (Å²) >= 11 is 0. The van der Waals surface area contributed by atoms with Gasteiger partial charge in [-0.15, -0.1) is 0 Å². The summed E-state index contributed by atoms with van der Waals surface area (Å²) in [5.74, 6) is -1.98. The van der Waals surface area contributed by atoms with Crippen LogP contribution in [-0.2, 0) is 19.1 Å². The van der Waals surface area contributed by atoms with E-state index in [0.717, 1.165) is 18.2 Å². The van der Waals surface area contributed by atoms with E-state index in [-0.39, 0.29) is 31.7 Å². The number of hydrazone groups is 1. The van der Waals surface area contributed by atoms with Gasteiger partial charge in [0.2, 0.25) is 0 Å². The number of esters is 2. The molecule has 1 aromatic carbocycles. The van der Waals surface area contributed by atoms with Crippen LogP contribution in [0.5, 0.6) is 0 Å². The fraction of sp³-hybridized carbons (Fsp3) is 0.500. The summed E-state index contributed by atoms with van der Waals surface area (Å²) in [4.78, 5) is 44.3. The van der Waals surface area contributed by atoms with Gasteiger partial charge in [0, 0.05) is 24.6 Å². The van der Waals surface area contributed by atoms with Gasteiger partial charge in [-0.2, -0.15) is 10.4 Å². The number of nitro groups is 2. The number of hydrogen-bond acceptors (Lipinski definition) is 11. The number of nitrogens with zero attached hydrogens (tertiary/aromatic N) is 4. The molecule has 13 heteroatoms. The summed E-state index contributed by atoms with van der Waals surface area (Å²) in [6, 6.07) is 5.06. The molecule has 0 aliphatic heterocycles. The van der Waals surface area contributed by atoms with E-state index in [2.05, 4.69) is 10.5 Å². The minimum Gasteiger partial charge on any atom is -0.466 e. The molecule has 178 valence electrons. The van der Waals surface area contributed by atoms with Gasteiger partial charge in [-0.3, -0.25) is 35.2 Å². The monoisotopic (exact) mass is 463 g/mol. The van der Waals surface area contributed by atoms with E-state index in [0.29, 0.717) is 5.71 Å². The third-order valence-electron chi connectivity index (χ3n) is 4.85. The second-order valence-electron chi connectivity index (χ2n) is 7.18. The first kappa shape index (κ1) is 27.0. The Morgan fingerprint density at radius 1 is 1.24 bits per heavy atom. The summed E-state index contributed by atoms with van der Waals surface area (Å²) < 4.78 is 10.0. The Labute approximate surface area is 189 Å². The van der Waals surface area contributed by atoms with Crippen LogP contribution in [0.2, 0.25) is 0 Å². The molecule has 0 radical (unpaired) electrons. The molecule has 0 aliphatic rings. The van der Waals surface area contributed by atoms with Gasteiger partial charge in [-0.05, 0) is 32.8 Å². The highest BCUT2D eigenvalue weighted by molar-refractivity contribution is 5.85. The lowest BCUT2D eigenvalue weighted by Crippen LogP contribution is -2.40. The molecule has 0 fully saturated rings. The maximum atomic E-state index is 12.6. The standard InChI is InChI=1S/C20H25N5O8/c1-5-32-19(27)20(12-21,13(2)11-33-15(4)26)9-8-14(3)22-23-17-7-6-16(24(28)29)10-18(17)25(30)31/h6-7,10,13,23H,5,8-9,11H2,1-4H3/b22-14+/t13-,20+/m0/s1. The molecule has 0 unspecified atom stereocenters. The lowest BCUT2D eigenvalue weighted by atomic mass is 9.74. The van der Waals surface area contributed by atoms with Crippen LogP contribution >= 0.6 is 0 Å². The lowest BCUT2D eigenvalue weighted by Gasteiger charge is -2.30. The lowest BCUT2D eigenvalue weighted by molar-refractivity contribution is -0.393. The van der Waals surface area contributed by atoms with Crippen molar-refractivity contribution in [1.82, 2.24) is 0 Å². The van der Waals surface area contributed by atoms with Crippen LogP contribution in [0.1, 0.15) is 40.5 Å². The number of non-ortho nitro benzene ring substituents is 1. The van der Waals surface area contributed by atoms with Crippen molar-refractivity contribution in [3.05, 3.63) is 38.4 Å². The predicted octanol–water partition coefficient (Wildman–Crippen LogP) is 3.34. The molecule has 0 bridgehead atoms. The van der Waals surface area contributed by atoms with Crippen LogP contribution in [-0.4, -0.2) is 40.7 Å². The number of ether oxygens (including phenoxy) is 2. The topological polar surface area (TPSA) is 187 Å². The van der Waals surface area contributed by atoms with Gasteiger partial charge in [0.15, 0.2) is 5.41 Å². The Bertz CT molecular complexity index is 987. The molecule has 0 spiro atoms. The molecule has 0 saturated heterocycles. The SMILES string of the molecule is CCOC(=O)[C@@](C#N)(CC/C(C)=N/Nc1ccc([N+](=O)[O-])cc1[N+](=O)[O-])[C@@H](C)COC(C)=O. The molecular weight excluding hydrogens is 438 g/mol. The number of anilines is 1. The Morgan fingerprint density at radius 3 is 2.42 bits per heavy atom. The van der Waals surface area contributed by atoms with Gasteiger partial charge in [0.05, 0.1) is 35.2 Å². The van der Waals surface area contributed by atoms with Crippen LogP contribution < -0.4 is 5.43 Å². The van der Waals surface area contributed by atoms with Crippen LogP contribution in [0.25, 0.3) is 0 Å². The highest BCUT2D eigenvalue weighted by Gasteiger charge is 2.46. The Morgan fingerprint density at radius 2 is 1.91 bits per heavy atom. The van der Waals surface area contributed by atoms with Gasteiger partial charge < -0.3 is 9.47 Å². The van der Waals surface area contributed by atoms with E-state index in [1.165, 1.54) is 6.92 Å². The van der Waals surface area contributed by atoms with Crippen molar-refractivity contribution in [2.75, 3.05) is 18.6 Å². The van der Waals surface area contributed by atoms with Gasteiger partial charge >= 0.3 is 17.6 Å². The number of benzene rings is 1. The van der Waals surface area contributed by atoms with Crippen molar-refractivity contribution in [3.63, 3.8) is 0 Å². The minimum atomic E-state index is -1.61. The zero-order chi connectivity index (χ0) is 25.2. The van der Waals surface area contributed by atoms with Crippen molar-refractivity contribution >= 4 is 34.7 Å². The number of nitriles is 1. The largest absolute Gasteiger partial charge is 0.466 e. The molecule has 2 atom stereocenters. The maximum absolute atomic E-state index is 12.6. The highest BCUT2D eigenvalue weighted by Crippen LogP contribution is 2.35. The molecular formula is C20H25N5O8. The van der Waals surface area contributed by atoms with Crippen LogP contribution in [0, 0.1) is 42.9 Å². The van der Waals surface area contributed by atoms with Gasteiger partial charge in [-0.25, -0.2) is 0 Å². The number of carbonyl (C=O) groups is 2. The van der Waals surface area contributed by atoms with E-state index < -0.39 is 44.5 Å². The number of nitro benzene ring substituents is 2. The zero-order valence-corrected chi connectivity index (χ0v) is 18.7. The van der Waals surface area contributed by atoms with E-state index in [9.17, 15) is 35.1 Å². The van der Waals surface area contributed by atoms with Gasteiger partial charge in [-0.1, -0.05) is 6.92 Å². The summed E-state index contributed by atoms with van der Waals surface area (Å²) in [5, 5.41) is 35.9. The second-order valence-corrected chi connectivity index (χ2v) is 7.18. The highest BCUT2D eigenvalue weighted by atomic mass is 16.6. The molecule has 13 nitrogen and oxygen atoms in total. The third-order valence-corrected chi connectivity index (χ3v) is 4.85. The molecule has 0 heterocycles. The average Bonchev–Trinajstić information content (AvgIpc) is 2.76. The van der Waals surface area contributed by atoms with Crippen molar-refractivity contribution in [2.24, 2.45) is 16.4 Å². The quantitative estimate of drug-likeness (QED) is 0.208. The molecule has 0 saturated carbocycles. The van der Waals surface area contributed by atoms with Crippen LogP contribution in [0.3, 0.4) is 0 Å². The van der Waals surface area contributed by atoms with Gasteiger partial charge in [0.1, 0.15) is 5.69 Å². The molecule has 0 aliphatic carbocycles. The number of rotatable bonds is 12. The molecule has 0 aromatic heterocycles. The maximum Gasteiger partial charge on any atom is 0.326 e. The second kappa shape index (κ2) is 12.1. The Hall–Kier alpha value is -4.08. The van der Waals surface area contributed by atoms with E-state index >= 15 is 0 Å². The summed E-state index contributed by atoms with van der Waals surface area (Å²) in [5.41, 5.74) is 0.239. The molecule has 1 rings (SSSR count). The third kappa shape index (κ3) is 7.23. The summed E-state index contributed by atoms with van der Waals surface area (Å²) in [6.07, 6.45) is 0.120. The van der Waals surface area contributed by atoms with Crippen molar-refractivity contribution in [2.45, 2.75) is 40.5 Å². The van der Waals surface area contributed by atoms with Gasteiger partial charge in [0.25, 0.3) is 5.69 Å². The number of carbonyl (C=O) groups excluding carboxylic acids is 2. The van der Waals surface area contributed by atoms with Crippen LogP contribution in [0.15, 0.2) is 23.3 Å². The fourth-order valence-corrected chi connectivity index (χ4v) is 2.87. The summed E-state index contributed by atoms with van der Waals surface area (Å²) in [7, 11) is 0. The van der Waals surface area contributed by atoms with E-state index in [4.69, 9.17) is 9.47 Å². The Kier molecular flexibility index (Phi) is 9.87. The molecule has 1 aromatic rings. The molecule has 0 amide bonds. The number of nitrogens with one attached hydrogen (secondary N) is 1. The minimum absolute atomic E-state index is 0.00979. The zero-order valence-electron chi connectivity index (χ0n) is 18.7.